The van der Waals surface area contributed by atoms with E-state index in [-0.39, 0.29) is 0 Å². The Morgan fingerprint density at radius 3 is 2.64 bits per heavy atom. The molecule has 1 atom stereocenters. The predicted octanol–water partition coefficient (Wildman–Crippen LogP) is 1.94. The van der Waals surface area contributed by atoms with E-state index in [1.165, 1.54) is 7.11 Å². The molecule has 0 amide bonds. The van der Waals surface area contributed by atoms with Gasteiger partial charge in [-0.15, -0.1) is 0 Å². The molecule has 0 bridgehead atoms. The van der Waals surface area contributed by atoms with Crippen molar-refractivity contribution in [3.05, 3.63) is 11.6 Å². The maximum absolute atomic E-state index is 10.5. The lowest BCUT2D eigenvalue weighted by Gasteiger charge is -1.98. The fourth-order valence-electron chi connectivity index (χ4n) is 0.317. The first-order valence-electron chi connectivity index (χ1n) is 3.17. The van der Waals surface area contributed by atoms with Gasteiger partial charge in [0.2, 0.25) is 0 Å². The minimum Gasteiger partial charge on any atom is -0.312 e. The molecule has 0 radical (unpaired) electrons. The van der Waals surface area contributed by atoms with Gasteiger partial charge in [0.1, 0.15) is 6.61 Å². The predicted molar refractivity (Wildman–Crippen MR) is 42.5 cm³/mol. The minimum atomic E-state index is -2.43. The first kappa shape index (κ1) is 10.8. The van der Waals surface area contributed by atoms with Crippen molar-refractivity contribution in [3.8, 4) is 0 Å². The third kappa shape index (κ3) is 7.75. The summed E-state index contributed by atoms with van der Waals surface area (Å²) in [5, 5.41) is 0. The molecule has 0 aliphatic carbocycles. The summed E-state index contributed by atoms with van der Waals surface area (Å²) >= 11 is 0. The summed E-state index contributed by atoms with van der Waals surface area (Å²) in [6.07, 6.45) is 1.81. The van der Waals surface area contributed by atoms with Crippen LogP contribution >= 0.6 is 8.25 Å². The third-order valence-electron chi connectivity index (χ3n) is 0.853. The first-order valence-corrected chi connectivity index (χ1v) is 4.40. The zero-order valence-corrected chi connectivity index (χ0v) is 7.92. The van der Waals surface area contributed by atoms with Crippen LogP contribution in [-0.4, -0.2) is 13.7 Å². The molecular weight excluding hydrogens is 167 g/mol. The van der Waals surface area contributed by atoms with Gasteiger partial charge in [-0.25, -0.2) is 4.89 Å². The van der Waals surface area contributed by atoms with Gasteiger partial charge in [0.25, 0.3) is 0 Å². The molecule has 0 aromatic rings. The Balaban J connectivity index is 3.28. The Morgan fingerprint density at radius 2 is 2.18 bits per heavy atom. The van der Waals surface area contributed by atoms with E-state index < -0.39 is 8.25 Å². The molecule has 0 rings (SSSR count). The van der Waals surface area contributed by atoms with E-state index in [4.69, 9.17) is 0 Å². The van der Waals surface area contributed by atoms with E-state index in [1.54, 1.807) is 0 Å². The molecule has 0 aromatic heterocycles. The first-order chi connectivity index (χ1) is 5.16. The van der Waals surface area contributed by atoms with Crippen molar-refractivity contribution < 1.29 is 18.7 Å². The number of hydrogen-bond acceptors (Lipinski definition) is 4. The fraction of sp³-hybridized carbons (Fsp3) is 0.667. The highest BCUT2D eigenvalue weighted by Crippen LogP contribution is 2.21. The molecule has 0 N–H and O–H groups in total. The van der Waals surface area contributed by atoms with Crippen LogP contribution in [0.4, 0.5) is 0 Å². The van der Waals surface area contributed by atoms with E-state index in [2.05, 4.69) is 14.1 Å². The fourth-order valence-corrected chi connectivity index (χ4v) is 0.549. The van der Waals surface area contributed by atoms with E-state index in [0.717, 1.165) is 5.57 Å². The molecular formula is C6H13O4P. The van der Waals surface area contributed by atoms with Crippen LogP contribution in [-0.2, 0) is 18.7 Å². The summed E-state index contributed by atoms with van der Waals surface area (Å²) in [4.78, 5) is 4.53. The largest absolute Gasteiger partial charge is 0.346 e. The average Bonchev–Trinajstić information content (AvgIpc) is 1.97. The quantitative estimate of drug-likeness (QED) is 0.213. The highest BCUT2D eigenvalue weighted by molar-refractivity contribution is 7.33. The van der Waals surface area contributed by atoms with Gasteiger partial charge in [-0.3, -0.25) is 4.57 Å². The van der Waals surface area contributed by atoms with Gasteiger partial charge in [0.05, 0.1) is 0 Å². The van der Waals surface area contributed by atoms with Crippen LogP contribution in [0.1, 0.15) is 13.8 Å². The Bertz CT molecular complexity index is 151. The lowest BCUT2D eigenvalue weighted by Crippen LogP contribution is -1.88. The highest BCUT2D eigenvalue weighted by Gasteiger charge is 1.93. The van der Waals surface area contributed by atoms with Gasteiger partial charge >= 0.3 is 8.25 Å². The van der Waals surface area contributed by atoms with Crippen LogP contribution in [0.15, 0.2) is 11.6 Å². The summed E-state index contributed by atoms with van der Waals surface area (Å²) in [5.74, 6) is 0. The van der Waals surface area contributed by atoms with E-state index in [1.807, 2.05) is 19.9 Å². The topological polar surface area (TPSA) is 44.8 Å². The zero-order chi connectivity index (χ0) is 8.69. The Labute approximate surface area is 67.0 Å². The molecule has 0 heterocycles. The monoisotopic (exact) mass is 180 g/mol. The standard InChI is InChI=1S/C6H13O4P/c1-6(2)4-5-9-10-11(7)8-3/h4,11H,5H2,1-3H3. The molecule has 0 aliphatic heterocycles. The summed E-state index contributed by atoms with van der Waals surface area (Å²) in [7, 11) is -1.13. The van der Waals surface area contributed by atoms with Crippen LogP contribution < -0.4 is 0 Å². The van der Waals surface area contributed by atoms with E-state index >= 15 is 0 Å². The second-order valence-corrected chi connectivity index (χ2v) is 3.18. The van der Waals surface area contributed by atoms with E-state index in [9.17, 15) is 4.57 Å². The molecule has 0 fully saturated rings. The summed E-state index contributed by atoms with van der Waals surface area (Å²) in [6.45, 7) is 4.16. The van der Waals surface area contributed by atoms with Crippen molar-refractivity contribution in [1.82, 2.24) is 0 Å². The van der Waals surface area contributed by atoms with Gasteiger partial charge in [0, 0.05) is 7.11 Å². The summed E-state index contributed by atoms with van der Waals surface area (Å²) in [5.41, 5.74) is 1.12. The number of rotatable bonds is 5. The van der Waals surface area contributed by atoms with Gasteiger partial charge in [-0.2, -0.15) is 4.67 Å². The molecule has 0 spiro atoms. The third-order valence-corrected chi connectivity index (χ3v) is 1.44. The maximum Gasteiger partial charge on any atom is 0.346 e. The van der Waals surface area contributed by atoms with Crippen molar-refractivity contribution in [2.45, 2.75) is 13.8 Å². The van der Waals surface area contributed by atoms with Gasteiger partial charge in [-0.05, 0) is 13.8 Å². The van der Waals surface area contributed by atoms with Crippen LogP contribution in [0.25, 0.3) is 0 Å². The van der Waals surface area contributed by atoms with Crippen molar-refractivity contribution >= 4 is 8.25 Å². The lowest BCUT2D eigenvalue weighted by atomic mass is 10.3. The molecule has 5 heteroatoms. The van der Waals surface area contributed by atoms with Crippen molar-refractivity contribution in [3.63, 3.8) is 0 Å². The molecule has 11 heavy (non-hydrogen) atoms. The molecule has 1 unspecified atom stereocenters. The van der Waals surface area contributed by atoms with Crippen LogP contribution in [0, 0.1) is 0 Å². The minimum absolute atomic E-state index is 0.294. The van der Waals surface area contributed by atoms with Crippen molar-refractivity contribution in [2.75, 3.05) is 13.7 Å². The lowest BCUT2D eigenvalue weighted by molar-refractivity contribution is -0.197. The second-order valence-electron chi connectivity index (χ2n) is 2.10. The molecule has 4 nitrogen and oxygen atoms in total. The smallest absolute Gasteiger partial charge is 0.312 e. The molecule has 0 aromatic carbocycles. The van der Waals surface area contributed by atoms with Crippen molar-refractivity contribution in [2.24, 2.45) is 0 Å². The van der Waals surface area contributed by atoms with Gasteiger partial charge < -0.3 is 4.52 Å². The van der Waals surface area contributed by atoms with Crippen LogP contribution in [0.5, 0.6) is 0 Å². The van der Waals surface area contributed by atoms with Crippen LogP contribution in [0.3, 0.4) is 0 Å². The summed E-state index contributed by atoms with van der Waals surface area (Å²) < 4.78 is 19.1. The molecule has 0 saturated heterocycles. The maximum atomic E-state index is 10.5. The molecule has 0 saturated carbocycles. The summed E-state index contributed by atoms with van der Waals surface area (Å²) in [6, 6.07) is 0. The highest BCUT2D eigenvalue weighted by atomic mass is 31.1. The van der Waals surface area contributed by atoms with E-state index in [0.29, 0.717) is 6.61 Å². The zero-order valence-electron chi connectivity index (χ0n) is 6.92. The molecule has 66 valence electrons. The number of allylic oxidation sites excluding steroid dienone is 1. The SMILES string of the molecule is CO[PH](=O)OOCC=C(C)C. The second kappa shape index (κ2) is 6.55. The molecule has 0 aliphatic rings. The normalized spacial score (nSPS) is 12.6. The average molecular weight is 180 g/mol. The van der Waals surface area contributed by atoms with Crippen molar-refractivity contribution in [1.29, 1.82) is 0 Å². The number of hydrogen-bond donors (Lipinski definition) is 0. The van der Waals surface area contributed by atoms with Gasteiger partial charge in [-0.1, -0.05) is 11.6 Å². The van der Waals surface area contributed by atoms with Crippen LogP contribution in [0.2, 0.25) is 0 Å². The Hall–Kier alpha value is -0.150. The Kier molecular flexibility index (Phi) is 6.46. The van der Waals surface area contributed by atoms with Gasteiger partial charge in [0.15, 0.2) is 0 Å². The Morgan fingerprint density at radius 1 is 1.55 bits per heavy atom.